The first-order chi connectivity index (χ1) is 15.0. The van der Waals surface area contributed by atoms with Crippen LogP contribution in [0.5, 0.6) is 0 Å². The highest BCUT2D eigenvalue weighted by atomic mass is 35.5. The smallest absolute Gasteiger partial charge is 0.311 e. The molecule has 1 saturated heterocycles. The minimum absolute atomic E-state index is 0.0436. The van der Waals surface area contributed by atoms with E-state index in [0.717, 1.165) is 29.0 Å². The highest BCUT2D eigenvalue weighted by molar-refractivity contribution is 8.01. The number of ether oxygens (including phenoxy) is 2. The molecule has 1 aliphatic heterocycles. The summed E-state index contributed by atoms with van der Waals surface area (Å²) in [6, 6.07) is 7.86. The van der Waals surface area contributed by atoms with Gasteiger partial charge < -0.3 is 14.8 Å². The molecule has 3 rings (SSSR count). The zero-order valence-electron chi connectivity index (χ0n) is 17.3. The van der Waals surface area contributed by atoms with Gasteiger partial charge in [-0.15, -0.1) is 11.3 Å². The number of thioether (sulfide) groups is 1. The maximum Gasteiger partial charge on any atom is 0.311 e. The third kappa shape index (κ3) is 8.42. The summed E-state index contributed by atoms with van der Waals surface area (Å²) in [5.41, 5.74) is 1.83. The largest absolute Gasteiger partial charge is 0.466 e. The fourth-order valence-electron chi connectivity index (χ4n) is 3.14. The highest BCUT2D eigenvalue weighted by Gasteiger charge is 2.21. The SMILES string of the molecule is CCOC(=O)Cc1csc(SCC(=O)NC[C@H]2CN(Cc3cccc(Cl)c3)CCO2)n1. The van der Waals surface area contributed by atoms with Crippen LogP contribution in [-0.2, 0) is 32.0 Å². The molecular formula is C21H26ClN3O4S2. The molecule has 2 aromatic rings. The summed E-state index contributed by atoms with van der Waals surface area (Å²) in [7, 11) is 0. The quantitative estimate of drug-likeness (QED) is 0.411. The number of carbonyl (C=O) groups is 2. The molecule has 2 heterocycles. The molecular weight excluding hydrogens is 458 g/mol. The lowest BCUT2D eigenvalue weighted by Crippen LogP contribution is -2.47. The molecule has 1 aromatic carbocycles. The van der Waals surface area contributed by atoms with Gasteiger partial charge in [0.1, 0.15) is 0 Å². The molecule has 1 amide bonds. The molecule has 10 heteroatoms. The van der Waals surface area contributed by atoms with Gasteiger partial charge in [0.25, 0.3) is 0 Å². The number of esters is 1. The number of amides is 1. The van der Waals surface area contributed by atoms with E-state index in [-0.39, 0.29) is 30.2 Å². The van der Waals surface area contributed by atoms with Crippen molar-refractivity contribution in [3.63, 3.8) is 0 Å². The Bertz CT molecular complexity index is 880. The van der Waals surface area contributed by atoms with Crippen LogP contribution in [0.2, 0.25) is 5.02 Å². The molecule has 1 aromatic heterocycles. The number of benzene rings is 1. The molecule has 1 aliphatic rings. The van der Waals surface area contributed by atoms with Gasteiger partial charge in [0.15, 0.2) is 4.34 Å². The second kappa shape index (κ2) is 12.4. The monoisotopic (exact) mass is 483 g/mol. The molecule has 0 aliphatic carbocycles. The Morgan fingerprint density at radius 2 is 2.32 bits per heavy atom. The number of morpholine rings is 1. The van der Waals surface area contributed by atoms with Crippen LogP contribution in [-0.4, -0.2) is 66.5 Å². The Balaban J connectivity index is 1.36. The minimum atomic E-state index is -0.293. The van der Waals surface area contributed by atoms with Crippen molar-refractivity contribution in [2.45, 2.75) is 30.3 Å². The molecule has 1 fully saturated rings. The predicted molar refractivity (Wildman–Crippen MR) is 123 cm³/mol. The fraction of sp³-hybridized carbons (Fsp3) is 0.476. The lowest BCUT2D eigenvalue weighted by atomic mass is 10.2. The van der Waals surface area contributed by atoms with Crippen molar-refractivity contribution < 1.29 is 19.1 Å². The van der Waals surface area contributed by atoms with Crippen LogP contribution in [0.15, 0.2) is 34.0 Å². The summed E-state index contributed by atoms with van der Waals surface area (Å²) >= 11 is 8.85. The lowest BCUT2D eigenvalue weighted by molar-refractivity contribution is -0.142. The number of hydrogen-bond donors (Lipinski definition) is 1. The third-order valence-electron chi connectivity index (χ3n) is 4.53. The molecule has 0 radical (unpaired) electrons. The standard InChI is InChI=1S/C21H26ClN3O4S2/c1-2-28-20(27)9-17-13-30-21(24-17)31-14-19(26)23-10-18-12-25(6-7-29-18)11-15-4-3-5-16(22)8-15/h3-5,8,13,18H,2,6-7,9-12,14H2,1H3,(H,23,26)/t18-/m0/s1. The number of nitrogens with one attached hydrogen (secondary N) is 1. The molecule has 31 heavy (non-hydrogen) atoms. The van der Waals surface area contributed by atoms with Crippen molar-refractivity contribution in [1.29, 1.82) is 0 Å². The first kappa shape index (κ1) is 24.0. The number of nitrogens with zero attached hydrogens (tertiary/aromatic N) is 2. The molecule has 0 bridgehead atoms. The van der Waals surface area contributed by atoms with Crippen LogP contribution < -0.4 is 5.32 Å². The summed E-state index contributed by atoms with van der Waals surface area (Å²) in [6.45, 7) is 5.65. The van der Waals surface area contributed by atoms with Crippen molar-refractivity contribution in [3.05, 3.63) is 45.9 Å². The van der Waals surface area contributed by atoms with Gasteiger partial charge in [-0.05, 0) is 24.6 Å². The van der Waals surface area contributed by atoms with Crippen LogP contribution in [0, 0.1) is 0 Å². The topological polar surface area (TPSA) is 80.8 Å². The molecule has 1 atom stereocenters. The zero-order chi connectivity index (χ0) is 22.1. The maximum atomic E-state index is 12.2. The van der Waals surface area contributed by atoms with Gasteiger partial charge in [0.05, 0.1) is 37.2 Å². The molecule has 1 N–H and O–H groups in total. The minimum Gasteiger partial charge on any atom is -0.466 e. The normalized spacial score (nSPS) is 16.8. The van der Waals surface area contributed by atoms with Gasteiger partial charge in [-0.2, -0.15) is 0 Å². The average Bonchev–Trinajstić information content (AvgIpc) is 3.18. The second-order valence-electron chi connectivity index (χ2n) is 7.04. The zero-order valence-corrected chi connectivity index (χ0v) is 19.7. The van der Waals surface area contributed by atoms with Gasteiger partial charge >= 0.3 is 5.97 Å². The van der Waals surface area contributed by atoms with E-state index >= 15 is 0 Å². The third-order valence-corrected chi connectivity index (χ3v) is 6.84. The number of thiazole rings is 1. The summed E-state index contributed by atoms with van der Waals surface area (Å²) in [5, 5.41) is 5.50. The van der Waals surface area contributed by atoms with Crippen LogP contribution >= 0.6 is 34.7 Å². The summed E-state index contributed by atoms with van der Waals surface area (Å²) < 4.78 is 11.5. The Hall–Kier alpha value is -1.65. The summed E-state index contributed by atoms with van der Waals surface area (Å²) in [4.78, 5) is 30.4. The Kier molecular flexibility index (Phi) is 9.60. The predicted octanol–water partition coefficient (Wildman–Crippen LogP) is 3.01. The van der Waals surface area contributed by atoms with E-state index in [0.29, 0.717) is 25.5 Å². The molecule has 7 nitrogen and oxygen atoms in total. The first-order valence-corrected chi connectivity index (χ1v) is 12.3. The van der Waals surface area contributed by atoms with E-state index in [1.54, 1.807) is 6.92 Å². The van der Waals surface area contributed by atoms with Gasteiger partial charge in [-0.3, -0.25) is 14.5 Å². The van der Waals surface area contributed by atoms with Crippen LogP contribution in [0.1, 0.15) is 18.2 Å². The molecule has 0 spiro atoms. The number of carbonyl (C=O) groups excluding carboxylic acids is 2. The van der Waals surface area contributed by atoms with E-state index < -0.39 is 0 Å². The Labute approximate surface area is 195 Å². The second-order valence-corrected chi connectivity index (χ2v) is 9.55. The molecule has 168 valence electrons. The van der Waals surface area contributed by atoms with Crippen LogP contribution in [0.4, 0.5) is 0 Å². The Morgan fingerprint density at radius 3 is 3.13 bits per heavy atom. The molecule has 0 saturated carbocycles. The summed E-state index contributed by atoms with van der Waals surface area (Å²) in [6.07, 6.45) is 0.111. The highest BCUT2D eigenvalue weighted by Crippen LogP contribution is 2.23. The van der Waals surface area contributed by atoms with Crippen molar-refractivity contribution in [3.8, 4) is 0 Å². The Morgan fingerprint density at radius 1 is 1.45 bits per heavy atom. The van der Waals surface area contributed by atoms with Crippen molar-refractivity contribution >= 4 is 46.6 Å². The van der Waals surface area contributed by atoms with Crippen molar-refractivity contribution in [2.75, 3.05) is 38.6 Å². The van der Waals surface area contributed by atoms with Crippen molar-refractivity contribution in [1.82, 2.24) is 15.2 Å². The lowest BCUT2D eigenvalue weighted by Gasteiger charge is -2.33. The number of hydrogen-bond acceptors (Lipinski definition) is 8. The van der Waals surface area contributed by atoms with E-state index in [1.807, 2.05) is 23.6 Å². The van der Waals surface area contributed by atoms with E-state index in [1.165, 1.54) is 28.7 Å². The van der Waals surface area contributed by atoms with Gasteiger partial charge in [0, 0.05) is 36.6 Å². The van der Waals surface area contributed by atoms with Gasteiger partial charge in [-0.1, -0.05) is 35.5 Å². The van der Waals surface area contributed by atoms with Crippen LogP contribution in [0.25, 0.3) is 0 Å². The van der Waals surface area contributed by atoms with Gasteiger partial charge in [-0.25, -0.2) is 4.98 Å². The van der Waals surface area contributed by atoms with Crippen LogP contribution in [0.3, 0.4) is 0 Å². The van der Waals surface area contributed by atoms with Gasteiger partial charge in [0.2, 0.25) is 5.91 Å². The maximum absolute atomic E-state index is 12.2. The summed E-state index contributed by atoms with van der Waals surface area (Å²) in [5.74, 6) is -0.0904. The van der Waals surface area contributed by atoms with E-state index in [2.05, 4.69) is 21.3 Å². The number of rotatable bonds is 10. The van der Waals surface area contributed by atoms with Crippen molar-refractivity contribution in [2.24, 2.45) is 0 Å². The molecule has 0 unspecified atom stereocenters. The number of aromatic nitrogens is 1. The first-order valence-electron chi connectivity index (χ1n) is 10.1. The van der Waals surface area contributed by atoms with E-state index in [4.69, 9.17) is 21.1 Å². The fourth-order valence-corrected chi connectivity index (χ4v) is 5.03. The van der Waals surface area contributed by atoms with E-state index in [9.17, 15) is 9.59 Å². The average molecular weight is 484 g/mol. The number of halogens is 1.